The Morgan fingerprint density at radius 3 is 2.78 bits per heavy atom. The Balaban J connectivity index is 1.61. The van der Waals surface area contributed by atoms with Crippen LogP contribution in [-0.4, -0.2) is 31.1 Å². The molecule has 1 fully saturated rings. The molecule has 2 nitrogen and oxygen atoms in total. The zero-order valence-electron chi connectivity index (χ0n) is 11.8. The predicted octanol–water partition coefficient (Wildman–Crippen LogP) is 2.82. The van der Waals surface area contributed by atoms with Crippen LogP contribution in [0.4, 0.5) is 0 Å². The van der Waals surface area contributed by atoms with Crippen molar-refractivity contribution in [2.45, 2.75) is 33.2 Å². The van der Waals surface area contributed by atoms with E-state index < -0.39 is 0 Å². The molecule has 0 spiro atoms. The first kappa shape index (κ1) is 13.6. The van der Waals surface area contributed by atoms with Crippen molar-refractivity contribution in [3.8, 4) is 0 Å². The highest BCUT2D eigenvalue weighted by Gasteiger charge is 2.14. The molecule has 1 heterocycles. The van der Waals surface area contributed by atoms with Gasteiger partial charge in [-0.1, -0.05) is 36.8 Å². The van der Waals surface area contributed by atoms with Crippen molar-refractivity contribution in [3.63, 3.8) is 0 Å². The molecule has 1 aromatic rings. The maximum absolute atomic E-state index is 3.55. The fourth-order valence-corrected chi connectivity index (χ4v) is 2.58. The number of hydrogen-bond donors (Lipinski definition) is 1. The average molecular weight is 246 g/mol. The van der Waals surface area contributed by atoms with Gasteiger partial charge in [0.1, 0.15) is 0 Å². The van der Waals surface area contributed by atoms with Crippen LogP contribution in [0.25, 0.3) is 0 Å². The molecule has 0 aliphatic carbocycles. The lowest BCUT2D eigenvalue weighted by Gasteiger charge is -2.30. The second-order valence-electron chi connectivity index (χ2n) is 5.69. The Hall–Kier alpha value is -0.860. The van der Waals surface area contributed by atoms with Gasteiger partial charge in [0, 0.05) is 19.6 Å². The van der Waals surface area contributed by atoms with Gasteiger partial charge >= 0.3 is 0 Å². The van der Waals surface area contributed by atoms with Crippen molar-refractivity contribution >= 4 is 0 Å². The van der Waals surface area contributed by atoms with Crippen LogP contribution < -0.4 is 5.32 Å². The highest BCUT2D eigenvalue weighted by atomic mass is 15.1. The van der Waals surface area contributed by atoms with E-state index >= 15 is 0 Å². The summed E-state index contributed by atoms with van der Waals surface area (Å²) >= 11 is 0. The third kappa shape index (κ3) is 4.43. The molecule has 2 heteroatoms. The van der Waals surface area contributed by atoms with Crippen LogP contribution in [-0.2, 0) is 6.54 Å². The van der Waals surface area contributed by atoms with Gasteiger partial charge in [0.15, 0.2) is 0 Å². The third-order valence-corrected chi connectivity index (χ3v) is 3.89. The van der Waals surface area contributed by atoms with Gasteiger partial charge < -0.3 is 10.2 Å². The maximum atomic E-state index is 3.55. The molecule has 2 rings (SSSR count). The maximum Gasteiger partial charge on any atom is 0.0206 e. The second kappa shape index (κ2) is 6.91. The molecule has 18 heavy (non-hydrogen) atoms. The highest BCUT2D eigenvalue weighted by Crippen LogP contribution is 2.15. The first-order chi connectivity index (χ1) is 8.74. The van der Waals surface area contributed by atoms with Gasteiger partial charge in [0.05, 0.1) is 0 Å². The van der Waals surface area contributed by atoms with E-state index in [1.807, 2.05) is 0 Å². The van der Waals surface area contributed by atoms with E-state index in [4.69, 9.17) is 0 Å². The SMILES string of the molecule is Cc1cccc(CNCCN2CCC(C)CC2)c1. The van der Waals surface area contributed by atoms with Gasteiger partial charge in [-0.25, -0.2) is 0 Å². The van der Waals surface area contributed by atoms with Crippen molar-refractivity contribution in [2.24, 2.45) is 5.92 Å². The zero-order valence-corrected chi connectivity index (χ0v) is 11.8. The molecular weight excluding hydrogens is 220 g/mol. The number of likely N-dealkylation sites (tertiary alicyclic amines) is 1. The number of benzene rings is 1. The fourth-order valence-electron chi connectivity index (χ4n) is 2.58. The summed E-state index contributed by atoms with van der Waals surface area (Å²) in [6.07, 6.45) is 2.75. The largest absolute Gasteiger partial charge is 0.311 e. The summed E-state index contributed by atoms with van der Waals surface area (Å²) in [5, 5.41) is 3.55. The van der Waals surface area contributed by atoms with Crippen molar-refractivity contribution in [3.05, 3.63) is 35.4 Å². The van der Waals surface area contributed by atoms with Gasteiger partial charge in [0.25, 0.3) is 0 Å². The second-order valence-corrected chi connectivity index (χ2v) is 5.69. The zero-order chi connectivity index (χ0) is 12.8. The average Bonchev–Trinajstić information content (AvgIpc) is 2.37. The molecular formula is C16H26N2. The quantitative estimate of drug-likeness (QED) is 0.804. The molecule has 0 unspecified atom stereocenters. The molecule has 0 saturated carbocycles. The molecule has 0 radical (unpaired) electrons. The Morgan fingerprint density at radius 2 is 2.06 bits per heavy atom. The molecule has 0 atom stereocenters. The minimum atomic E-state index is 0.932. The fraction of sp³-hybridized carbons (Fsp3) is 0.625. The van der Waals surface area contributed by atoms with E-state index in [-0.39, 0.29) is 0 Å². The number of nitrogens with one attached hydrogen (secondary N) is 1. The lowest BCUT2D eigenvalue weighted by molar-refractivity contribution is 0.193. The van der Waals surface area contributed by atoms with Crippen LogP contribution in [0.2, 0.25) is 0 Å². The van der Waals surface area contributed by atoms with E-state index in [2.05, 4.69) is 48.3 Å². The summed E-state index contributed by atoms with van der Waals surface area (Å²) in [6, 6.07) is 8.74. The summed E-state index contributed by atoms with van der Waals surface area (Å²) in [5.41, 5.74) is 2.74. The van der Waals surface area contributed by atoms with Gasteiger partial charge in [-0.2, -0.15) is 0 Å². The first-order valence-corrected chi connectivity index (χ1v) is 7.22. The topological polar surface area (TPSA) is 15.3 Å². The molecule has 100 valence electrons. The molecule has 1 saturated heterocycles. The lowest BCUT2D eigenvalue weighted by Crippen LogP contribution is -2.37. The van der Waals surface area contributed by atoms with Crippen LogP contribution in [0.1, 0.15) is 30.9 Å². The van der Waals surface area contributed by atoms with E-state index in [0.29, 0.717) is 0 Å². The standard InChI is InChI=1S/C16H26N2/c1-14-6-9-18(10-7-14)11-8-17-13-16-5-3-4-15(2)12-16/h3-5,12,14,17H,6-11,13H2,1-2H3. The normalized spacial score (nSPS) is 18.1. The monoisotopic (exact) mass is 246 g/mol. The van der Waals surface area contributed by atoms with Crippen molar-refractivity contribution in [1.29, 1.82) is 0 Å². The third-order valence-electron chi connectivity index (χ3n) is 3.89. The van der Waals surface area contributed by atoms with Crippen LogP contribution in [0.3, 0.4) is 0 Å². The van der Waals surface area contributed by atoms with E-state index in [1.165, 1.54) is 43.6 Å². The van der Waals surface area contributed by atoms with E-state index in [0.717, 1.165) is 19.0 Å². The van der Waals surface area contributed by atoms with Crippen LogP contribution >= 0.6 is 0 Å². The lowest BCUT2D eigenvalue weighted by atomic mass is 9.99. The molecule has 0 bridgehead atoms. The first-order valence-electron chi connectivity index (χ1n) is 7.22. The van der Waals surface area contributed by atoms with E-state index in [1.54, 1.807) is 0 Å². The summed E-state index contributed by atoms with van der Waals surface area (Å²) in [5.74, 6) is 0.932. The Labute approximate surface area is 111 Å². The van der Waals surface area contributed by atoms with Crippen molar-refractivity contribution < 1.29 is 0 Å². The molecule has 1 aliphatic heterocycles. The number of hydrogen-bond acceptors (Lipinski definition) is 2. The smallest absolute Gasteiger partial charge is 0.0206 e. The number of piperidine rings is 1. The Kier molecular flexibility index (Phi) is 5.21. The Morgan fingerprint density at radius 1 is 1.28 bits per heavy atom. The Bertz CT molecular complexity index is 354. The molecule has 0 amide bonds. The number of aryl methyl sites for hydroxylation is 1. The van der Waals surface area contributed by atoms with Crippen LogP contribution in [0.15, 0.2) is 24.3 Å². The summed E-state index contributed by atoms with van der Waals surface area (Å²) in [6.45, 7) is 10.4. The summed E-state index contributed by atoms with van der Waals surface area (Å²) < 4.78 is 0. The number of nitrogens with zero attached hydrogens (tertiary/aromatic N) is 1. The van der Waals surface area contributed by atoms with Gasteiger partial charge in [-0.05, 0) is 44.3 Å². The van der Waals surface area contributed by atoms with E-state index in [9.17, 15) is 0 Å². The molecule has 1 aliphatic rings. The highest BCUT2D eigenvalue weighted by molar-refractivity contribution is 5.21. The summed E-state index contributed by atoms with van der Waals surface area (Å²) in [4.78, 5) is 2.59. The molecule has 1 aromatic carbocycles. The molecule has 1 N–H and O–H groups in total. The van der Waals surface area contributed by atoms with Crippen molar-refractivity contribution in [1.82, 2.24) is 10.2 Å². The minimum Gasteiger partial charge on any atom is -0.311 e. The van der Waals surface area contributed by atoms with Gasteiger partial charge in [-0.3, -0.25) is 0 Å². The van der Waals surface area contributed by atoms with Gasteiger partial charge in [-0.15, -0.1) is 0 Å². The van der Waals surface area contributed by atoms with Gasteiger partial charge in [0.2, 0.25) is 0 Å². The minimum absolute atomic E-state index is 0.932. The summed E-state index contributed by atoms with van der Waals surface area (Å²) in [7, 11) is 0. The van der Waals surface area contributed by atoms with Crippen molar-refractivity contribution in [2.75, 3.05) is 26.2 Å². The molecule has 0 aromatic heterocycles. The van der Waals surface area contributed by atoms with Crippen LogP contribution in [0.5, 0.6) is 0 Å². The predicted molar refractivity (Wildman–Crippen MR) is 77.7 cm³/mol. The number of rotatable bonds is 5. The van der Waals surface area contributed by atoms with Crippen LogP contribution in [0, 0.1) is 12.8 Å².